The second-order valence-electron chi connectivity index (χ2n) is 9.90. The Labute approximate surface area is 237 Å². The molecule has 2 aromatic carbocycles. The van der Waals surface area contributed by atoms with E-state index in [9.17, 15) is 19.5 Å². The van der Waals surface area contributed by atoms with Crippen molar-refractivity contribution in [3.63, 3.8) is 0 Å². The molecule has 9 nitrogen and oxygen atoms in total. The zero-order valence-corrected chi connectivity index (χ0v) is 23.7. The molecule has 4 rings (SSSR count). The van der Waals surface area contributed by atoms with Crippen LogP contribution in [0.1, 0.15) is 48.5 Å². The number of aliphatic hydroxyl groups excluding tert-OH is 1. The first-order chi connectivity index (χ1) is 19.0. The van der Waals surface area contributed by atoms with Crippen molar-refractivity contribution in [3.05, 3.63) is 70.0 Å². The Bertz CT molecular complexity index is 1410. The van der Waals surface area contributed by atoms with E-state index in [0.29, 0.717) is 17.9 Å². The van der Waals surface area contributed by atoms with Crippen LogP contribution in [-0.2, 0) is 14.3 Å². The van der Waals surface area contributed by atoms with Crippen molar-refractivity contribution in [3.8, 4) is 23.0 Å². The minimum atomic E-state index is -1.96. The fraction of sp³-hybridized carbons (Fsp3) is 0.367. The van der Waals surface area contributed by atoms with Gasteiger partial charge in [0.05, 0.1) is 27.8 Å². The van der Waals surface area contributed by atoms with Crippen molar-refractivity contribution in [2.75, 3.05) is 27.9 Å². The van der Waals surface area contributed by atoms with Gasteiger partial charge in [-0.05, 0) is 30.2 Å². The van der Waals surface area contributed by atoms with Gasteiger partial charge in [0.15, 0.2) is 17.3 Å². The number of aliphatic hydroxyl groups is 1. The summed E-state index contributed by atoms with van der Waals surface area (Å²) in [6.45, 7) is 7.61. The minimum absolute atomic E-state index is 0.0153. The van der Waals surface area contributed by atoms with E-state index in [4.69, 9.17) is 35.3 Å². The van der Waals surface area contributed by atoms with Crippen LogP contribution in [0.3, 0.4) is 0 Å². The Morgan fingerprint density at radius 1 is 1.18 bits per heavy atom. The average molecular weight is 571 g/mol. The summed E-state index contributed by atoms with van der Waals surface area (Å²) in [5, 5.41) is 11.8. The number of hydrogen-bond donors (Lipinski definition) is 1. The molecule has 3 atom stereocenters. The smallest absolute Gasteiger partial charge is 0.306 e. The lowest BCUT2D eigenvalue weighted by molar-refractivity contribution is -0.140. The van der Waals surface area contributed by atoms with Crippen LogP contribution >= 0.6 is 11.6 Å². The van der Waals surface area contributed by atoms with Crippen LogP contribution in [0.2, 0.25) is 5.02 Å². The highest BCUT2D eigenvalue weighted by molar-refractivity contribution is 6.35. The van der Waals surface area contributed by atoms with Crippen LogP contribution in [-0.4, -0.2) is 56.2 Å². The predicted octanol–water partition coefficient (Wildman–Crippen LogP) is 5.39. The molecule has 0 radical (unpaired) electrons. The van der Waals surface area contributed by atoms with E-state index in [2.05, 4.69) is 6.58 Å². The third-order valence-corrected chi connectivity index (χ3v) is 7.58. The van der Waals surface area contributed by atoms with Gasteiger partial charge in [-0.3, -0.25) is 14.4 Å². The van der Waals surface area contributed by atoms with Crippen LogP contribution in [0.15, 0.2) is 53.8 Å². The van der Waals surface area contributed by atoms with E-state index < -0.39 is 40.7 Å². The van der Waals surface area contributed by atoms with Gasteiger partial charge in [0.2, 0.25) is 11.4 Å². The summed E-state index contributed by atoms with van der Waals surface area (Å²) < 4.78 is 27.5. The number of carbonyl (C=O) groups is 3. The maximum absolute atomic E-state index is 14.1. The van der Waals surface area contributed by atoms with Gasteiger partial charge in [-0.25, -0.2) is 0 Å². The van der Waals surface area contributed by atoms with Crippen molar-refractivity contribution in [2.24, 2.45) is 5.92 Å². The van der Waals surface area contributed by atoms with Crippen LogP contribution in [0.4, 0.5) is 0 Å². The molecule has 1 spiro atoms. The van der Waals surface area contributed by atoms with Gasteiger partial charge in [-0.1, -0.05) is 37.2 Å². The van der Waals surface area contributed by atoms with Crippen LogP contribution in [0, 0.1) is 5.92 Å². The number of Topliss-reactive ketones (excluding diaryl/α,β-unsaturated/α-hetero) is 2. The molecule has 0 fully saturated rings. The monoisotopic (exact) mass is 570 g/mol. The number of hydrogen-bond acceptors (Lipinski definition) is 9. The molecule has 1 aliphatic carbocycles. The molecule has 0 aromatic heterocycles. The molecule has 10 heteroatoms. The molecule has 2 aromatic rings. The highest BCUT2D eigenvalue weighted by Gasteiger charge is 2.61. The van der Waals surface area contributed by atoms with Crippen molar-refractivity contribution in [2.45, 2.75) is 38.2 Å². The molecule has 1 heterocycles. The number of benzene rings is 2. The summed E-state index contributed by atoms with van der Waals surface area (Å²) >= 11 is 6.52. The maximum atomic E-state index is 14.1. The Morgan fingerprint density at radius 3 is 2.40 bits per heavy atom. The minimum Gasteiger partial charge on any atom is -0.507 e. The number of rotatable bonds is 9. The number of fused-ring (bicyclic) bond motifs is 1. The van der Waals surface area contributed by atoms with Crippen molar-refractivity contribution in [1.82, 2.24) is 0 Å². The first kappa shape index (κ1) is 29.0. The van der Waals surface area contributed by atoms with Gasteiger partial charge in [0.25, 0.3) is 0 Å². The second-order valence-corrected chi connectivity index (χ2v) is 10.3. The number of ketones is 2. The summed E-state index contributed by atoms with van der Waals surface area (Å²) in [4.78, 5) is 40.1. The molecular weight excluding hydrogens is 540 g/mol. The number of carbonyl (C=O) groups excluding carboxylic acids is 3. The summed E-state index contributed by atoms with van der Waals surface area (Å²) in [5.41, 5.74) is -0.668. The molecule has 1 aliphatic heterocycles. The highest BCUT2D eigenvalue weighted by atomic mass is 35.5. The topological polar surface area (TPSA) is 118 Å². The molecular formula is C30H31ClO9. The lowest BCUT2D eigenvalue weighted by Gasteiger charge is -2.38. The maximum Gasteiger partial charge on any atom is 0.306 e. The Morgan fingerprint density at radius 2 is 1.82 bits per heavy atom. The standard InChI is InChI=1S/C30H31ClO9/c1-15(2)14-39-18-9-7-17(8-10-18)19(12-23(33)38-6)24-20(32)11-16(3)30(28(24)34)29(35)25-21(36-4)13-22(37-5)26(31)27(25)40-30/h7-10,13,16,19,34H,1,11-12,14H2,2-6H3. The molecule has 1 N–H and O–H groups in total. The summed E-state index contributed by atoms with van der Waals surface area (Å²) in [6.07, 6.45) is -0.398. The average Bonchev–Trinajstić information content (AvgIpc) is 3.25. The van der Waals surface area contributed by atoms with Gasteiger partial charge < -0.3 is 28.8 Å². The largest absolute Gasteiger partial charge is 0.507 e. The molecule has 0 saturated heterocycles. The van der Waals surface area contributed by atoms with Gasteiger partial charge in [0.1, 0.15) is 34.4 Å². The van der Waals surface area contributed by atoms with E-state index in [1.54, 1.807) is 31.2 Å². The van der Waals surface area contributed by atoms with Crippen LogP contribution in [0.25, 0.3) is 0 Å². The molecule has 0 bridgehead atoms. The predicted molar refractivity (Wildman–Crippen MR) is 147 cm³/mol. The highest BCUT2D eigenvalue weighted by Crippen LogP contribution is 2.55. The molecule has 212 valence electrons. The zero-order chi connectivity index (χ0) is 29.4. The molecule has 40 heavy (non-hydrogen) atoms. The first-order valence-electron chi connectivity index (χ1n) is 12.6. The molecule has 0 amide bonds. The summed E-state index contributed by atoms with van der Waals surface area (Å²) in [5.74, 6) is -3.03. The third kappa shape index (κ3) is 4.79. The van der Waals surface area contributed by atoms with Crippen LogP contribution < -0.4 is 18.9 Å². The van der Waals surface area contributed by atoms with E-state index in [1.807, 2.05) is 6.92 Å². The first-order valence-corrected chi connectivity index (χ1v) is 13.0. The lowest BCUT2D eigenvalue weighted by Crippen LogP contribution is -2.53. The fourth-order valence-electron chi connectivity index (χ4n) is 5.18. The van der Waals surface area contributed by atoms with Crippen molar-refractivity contribution >= 4 is 29.1 Å². The normalized spacial score (nSPS) is 20.6. The lowest BCUT2D eigenvalue weighted by atomic mass is 9.69. The van der Waals surface area contributed by atoms with E-state index in [-0.39, 0.29) is 46.2 Å². The summed E-state index contributed by atoms with van der Waals surface area (Å²) in [6, 6.07) is 8.22. The second kappa shape index (κ2) is 11.3. The Hall–Kier alpha value is -3.98. The van der Waals surface area contributed by atoms with Crippen molar-refractivity contribution < 1.29 is 43.2 Å². The number of allylic oxidation sites excluding steroid dienone is 1. The SMILES string of the molecule is C=C(C)COc1ccc(C(CC(=O)OC)C2=C(O)C3(Oc4c(Cl)c(OC)cc(OC)c4C3=O)C(C)CC2=O)cc1. The molecule has 3 unspecified atom stereocenters. The summed E-state index contributed by atoms with van der Waals surface area (Å²) in [7, 11) is 4.02. The zero-order valence-electron chi connectivity index (χ0n) is 23.0. The van der Waals surface area contributed by atoms with E-state index in [0.717, 1.165) is 5.57 Å². The fourth-order valence-corrected chi connectivity index (χ4v) is 5.44. The van der Waals surface area contributed by atoms with E-state index >= 15 is 0 Å². The third-order valence-electron chi connectivity index (χ3n) is 7.23. The van der Waals surface area contributed by atoms with Gasteiger partial charge in [0, 0.05) is 29.9 Å². The number of ether oxygens (including phenoxy) is 5. The Kier molecular flexibility index (Phi) is 8.16. The van der Waals surface area contributed by atoms with Crippen LogP contribution in [0.5, 0.6) is 23.0 Å². The van der Waals surface area contributed by atoms with Gasteiger partial charge in [-0.15, -0.1) is 0 Å². The number of esters is 1. The number of halogens is 1. The quantitative estimate of drug-likeness (QED) is 0.312. The number of methoxy groups -OCH3 is 3. The van der Waals surface area contributed by atoms with Gasteiger partial charge >= 0.3 is 5.97 Å². The molecule has 0 saturated carbocycles. The van der Waals surface area contributed by atoms with Crippen molar-refractivity contribution in [1.29, 1.82) is 0 Å². The molecule has 2 aliphatic rings. The Balaban J connectivity index is 1.87. The van der Waals surface area contributed by atoms with E-state index in [1.165, 1.54) is 27.4 Å². The van der Waals surface area contributed by atoms with Gasteiger partial charge in [-0.2, -0.15) is 0 Å².